The molecule has 0 saturated heterocycles. The molecule has 0 aliphatic rings. The van der Waals surface area contributed by atoms with Crippen molar-refractivity contribution in [3.8, 4) is 11.1 Å². The molecule has 0 aliphatic carbocycles. The van der Waals surface area contributed by atoms with Crippen molar-refractivity contribution in [1.29, 1.82) is 0 Å². The third-order valence-corrected chi connectivity index (χ3v) is 3.98. The lowest BCUT2D eigenvalue weighted by atomic mass is 10.00. The van der Waals surface area contributed by atoms with Crippen LogP contribution < -0.4 is 11.2 Å². The van der Waals surface area contributed by atoms with E-state index in [2.05, 4.69) is 15.5 Å². The topological polar surface area (TPSA) is 106 Å². The number of nitro benzene ring substituents is 1. The first-order valence-electron chi connectivity index (χ1n) is 6.97. The van der Waals surface area contributed by atoms with Gasteiger partial charge in [0, 0.05) is 23.1 Å². The van der Waals surface area contributed by atoms with E-state index in [1.165, 1.54) is 17.4 Å². The van der Waals surface area contributed by atoms with Crippen molar-refractivity contribution < 1.29 is 4.92 Å². The van der Waals surface area contributed by atoms with Crippen molar-refractivity contribution in [3.05, 3.63) is 69.6 Å². The maximum absolute atomic E-state index is 11.0. The molecule has 0 saturated carbocycles. The van der Waals surface area contributed by atoms with Crippen LogP contribution in [0, 0.1) is 10.1 Å². The number of nitrogens with two attached hydrogens (primary N) is 1. The Morgan fingerprint density at radius 2 is 2.08 bits per heavy atom. The summed E-state index contributed by atoms with van der Waals surface area (Å²) in [5, 5.41) is 17.4. The molecule has 0 atom stereocenters. The van der Waals surface area contributed by atoms with Crippen LogP contribution in [0.15, 0.2) is 59.0 Å². The summed E-state index contributed by atoms with van der Waals surface area (Å²) in [7, 11) is 0. The highest BCUT2D eigenvalue weighted by molar-refractivity contribution is 7.14. The summed E-state index contributed by atoms with van der Waals surface area (Å²) in [6.45, 7) is 0. The quantitative estimate of drug-likeness (QED) is 0.418. The first-order chi connectivity index (χ1) is 11.6. The molecule has 1 aromatic heterocycles. The average Bonchev–Trinajstić information content (AvgIpc) is 3.01. The second-order valence-electron chi connectivity index (χ2n) is 4.84. The van der Waals surface area contributed by atoms with Gasteiger partial charge in [-0.2, -0.15) is 5.10 Å². The highest BCUT2D eigenvalue weighted by atomic mass is 32.1. The molecule has 0 unspecified atom stereocenters. The van der Waals surface area contributed by atoms with Crippen molar-refractivity contribution >= 4 is 34.2 Å². The molecular weight excluding hydrogens is 326 g/mol. The molecule has 2 aromatic carbocycles. The summed E-state index contributed by atoms with van der Waals surface area (Å²) in [6, 6.07) is 14.0. The molecule has 24 heavy (non-hydrogen) atoms. The van der Waals surface area contributed by atoms with E-state index in [0.29, 0.717) is 10.9 Å². The van der Waals surface area contributed by atoms with Gasteiger partial charge in [-0.25, -0.2) is 4.98 Å². The molecule has 0 amide bonds. The maximum atomic E-state index is 11.0. The van der Waals surface area contributed by atoms with Gasteiger partial charge in [-0.05, 0) is 11.1 Å². The number of hydrogen-bond donors (Lipinski definition) is 2. The Kier molecular flexibility index (Phi) is 4.48. The van der Waals surface area contributed by atoms with E-state index in [9.17, 15) is 10.1 Å². The summed E-state index contributed by atoms with van der Waals surface area (Å²) in [5.41, 5.74) is 10.9. The fourth-order valence-corrected chi connectivity index (χ4v) is 2.70. The molecule has 7 nitrogen and oxygen atoms in total. The molecule has 8 heteroatoms. The molecule has 3 rings (SSSR count). The van der Waals surface area contributed by atoms with Crippen molar-refractivity contribution in [2.75, 3.05) is 11.2 Å². The number of rotatable bonds is 5. The van der Waals surface area contributed by atoms with E-state index in [1.54, 1.807) is 23.7 Å². The number of aromatic nitrogens is 1. The van der Waals surface area contributed by atoms with Gasteiger partial charge in [0.05, 0.1) is 11.1 Å². The number of nitro groups is 1. The minimum Gasteiger partial charge on any atom is -0.383 e. The van der Waals surface area contributed by atoms with Gasteiger partial charge in [0.15, 0.2) is 0 Å². The first-order valence-corrected chi connectivity index (χ1v) is 7.85. The summed E-state index contributed by atoms with van der Waals surface area (Å²) in [5.74, 6) is 0.440. The maximum Gasteiger partial charge on any atom is 0.270 e. The van der Waals surface area contributed by atoms with Crippen LogP contribution in [0.5, 0.6) is 0 Å². The van der Waals surface area contributed by atoms with Crippen LogP contribution in [-0.4, -0.2) is 16.1 Å². The average molecular weight is 339 g/mol. The Morgan fingerprint density at radius 1 is 1.25 bits per heavy atom. The smallest absolute Gasteiger partial charge is 0.270 e. The number of nitrogen functional groups attached to an aromatic ring is 1. The Morgan fingerprint density at radius 3 is 2.83 bits per heavy atom. The van der Waals surface area contributed by atoms with Gasteiger partial charge in [-0.3, -0.25) is 15.5 Å². The van der Waals surface area contributed by atoms with Crippen LogP contribution in [0.4, 0.5) is 16.6 Å². The van der Waals surface area contributed by atoms with Crippen LogP contribution in [-0.2, 0) is 0 Å². The Labute approximate surface area is 141 Å². The molecule has 0 bridgehead atoms. The number of hydrogen-bond acceptors (Lipinski definition) is 7. The minimum absolute atomic E-state index is 0.0515. The number of thiazole rings is 1. The van der Waals surface area contributed by atoms with Gasteiger partial charge in [-0.15, -0.1) is 11.3 Å². The highest BCUT2D eigenvalue weighted by Crippen LogP contribution is 2.26. The van der Waals surface area contributed by atoms with Crippen molar-refractivity contribution in [2.45, 2.75) is 0 Å². The van der Waals surface area contributed by atoms with E-state index in [4.69, 9.17) is 5.73 Å². The van der Waals surface area contributed by atoms with Crippen molar-refractivity contribution in [2.24, 2.45) is 5.10 Å². The zero-order chi connectivity index (χ0) is 16.9. The third kappa shape index (κ3) is 3.55. The van der Waals surface area contributed by atoms with Gasteiger partial charge >= 0.3 is 0 Å². The lowest BCUT2D eigenvalue weighted by molar-refractivity contribution is -0.384. The molecule has 0 fully saturated rings. The molecule has 3 N–H and O–H groups in total. The molecule has 3 aromatic rings. The molecule has 120 valence electrons. The van der Waals surface area contributed by atoms with Gasteiger partial charge in [-0.1, -0.05) is 36.4 Å². The van der Waals surface area contributed by atoms with Crippen LogP contribution in [0.1, 0.15) is 5.56 Å². The largest absolute Gasteiger partial charge is 0.383 e. The standard InChI is InChI=1S/C16H13N5O2S/c17-15-10-24-16(19-15)20-18-9-12-4-1-2-7-14(12)11-5-3-6-13(8-11)21(22)23/h1-10H,17H2,(H,19,20). The van der Waals surface area contributed by atoms with E-state index in [1.807, 2.05) is 30.3 Å². The molecular formula is C16H13N5O2S. The normalized spacial score (nSPS) is 10.8. The van der Waals surface area contributed by atoms with Crippen LogP contribution in [0.25, 0.3) is 11.1 Å². The predicted octanol–water partition coefficient (Wildman–Crippen LogP) is 3.75. The Bertz CT molecular complexity index is 907. The summed E-state index contributed by atoms with van der Waals surface area (Å²) in [6.07, 6.45) is 1.64. The van der Waals surface area contributed by atoms with Crippen LogP contribution in [0.3, 0.4) is 0 Å². The Balaban J connectivity index is 1.87. The van der Waals surface area contributed by atoms with E-state index in [-0.39, 0.29) is 5.69 Å². The van der Waals surface area contributed by atoms with Gasteiger partial charge in [0.25, 0.3) is 5.69 Å². The van der Waals surface area contributed by atoms with E-state index < -0.39 is 4.92 Å². The van der Waals surface area contributed by atoms with E-state index >= 15 is 0 Å². The zero-order valence-electron chi connectivity index (χ0n) is 12.4. The predicted molar refractivity (Wildman–Crippen MR) is 96.3 cm³/mol. The van der Waals surface area contributed by atoms with Crippen LogP contribution >= 0.6 is 11.3 Å². The third-order valence-electron chi connectivity index (χ3n) is 3.21. The summed E-state index contributed by atoms with van der Waals surface area (Å²) < 4.78 is 0. The molecule has 0 aliphatic heterocycles. The lowest BCUT2D eigenvalue weighted by Gasteiger charge is -2.05. The molecule has 1 heterocycles. The Hall–Kier alpha value is -3.26. The number of benzene rings is 2. The number of nitrogens with zero attached hydrogens (tertiary/aromatic N) is 3. The second-order valence-corrected chi connectivity index (χ2v) is 5.70. The van der Waals surface area contributed by atoms with E-state index in [0.717, 1.165) is 16.7 Å². The zero-order valence-corrected chi connectivity index (χ0v) is 13.2. The first kappa shape index (κ1) is 15.6. The molecule has 0 spiro atoms. The fourth-order valence-electron chi connectivity index (χ4n) is 2.15. The van der Waals surface area contributed by atoms with Crippen molar-refractivity contribution in [3.63, 3.8) is 0 Å². The number of nitrogens with one attached hydrogen (secondary N) is 1. The van der Waals surface area contributed by atoms with Gasteiger partial charge < -0.3 is 5.73 Å². The lowest BCUT2D eigenvalue weighted by Crippen LogP contribution is -1.94. The molecule has 0 radical (unpaired) electrons. The second kappa shape index (κ2) is 6.88. The minimum atomic E-state index is -0.408. The van der Waals surface area contributed by atoms with Gasteiger partial charge in [0.1, 0.15) is 5.82 Å². The van der Waals surface area contributed by atoms with Crippen LogP contribution in [0.2, 0.25) is 0 Å². The van der Waals surface area contributed by atoms with Crippen molar-refractivity contribution in [1.82, 2.24) is 4.98 Å². The van der Waals surface area contributed by atoms with Gasteiger partial charge in [0.2, 0.25) is 5.13 Å². The number of hydrazone groups is 1. The monoisotopic (exact) mass is 339 g/mol. The number of anilines is 2. The SMILES string of the molecule is Nc1csc(NN=Cc2ccccc2-c2cccc([N+](=O)[O-])c2)n1. The fraction of sp³-hybridized carbons (Fsp3) is 0. The highest BCUT2D eigenvalue weighted by Gasteiger charge is 2.09. The number of non-ortho nitro benzene ring substituents is 1. The summed E-state index contributed by atoms with van der Waals surface area (Å²) >= 11 is 1.35. The summed E-state index contributed by atoms with van der Waals surface area (Å²) in [4.78, 5) is 14.6.